The average Bonchev–Trinajstić information content (AvgIpc) is 3.43. The van der Waals surface area contributed by atoms with Gasteiger partial charge in [-0.05, 0) is 37.5 Å². The maximum atomic E-state index is 13.5. The van der Waals surface area contributed by atoms with Crippen molar-refractivity contribution >= 4 is 17.0 Å². The summed E-state index contributed by atoms with van der Waals surface area (Å²) in [6.07, 6.45) is 3.35. The molecule has 0 N–H and O–H groups in total. The van der Waals surface area contributed by atoms with Gasteiger partial charge in [0, 0.05) is 23.5 Å². The number of alkyl halides is 3. The Balaban J connectivity index is 1.56. The van der Waals surface area contributed by atoms with Gasteiger partial charge < -0.3 is 9.30 Å². The predicted molar refractivity (Wildman–Crippen MR) is 120 cm³/mol. The Labute approximate surface area is 193 Å². The molecule has 1 unspecified atom stereocenters. The predicted octanol–water partition coefficient (Wildman–Crippen LogP) is 5.25. The third-order valence-electron chi connectivity index (χ3n) is 5.82. The topological polar surface area (TPSA) is 70.1 Å². The second-order valence-electron chi connectivity index (χ2n) is 8.18. The van der Waals surface area contributed by atoms with Crippen LogP contribution in [0.25, 0.3) is 28.3 Å². The minimum Gasteiger partial charge on any atom is -0.495 e. The number of allylic oxidation sites excluding steroid dienone is 3. The number of aromatic nitrogens is 6. The summed E-state index contributed by atoms with van der Waals surface area (Å²) in [7, 11) is 1.60. The summed E-state index contributed by atoms with van der Waals surface area (Å²) in [5.74, 6) is 1.42. The standard InChI is InChI=1S/C24H21F3N6O/c1-14-10-20(32-12-15(2)28-13-32)21(34-3)11-17(14)22-30-23-29-19(8-9-33(23)31-22)16-6-4-5-7-18(16)24(25,26)27/h4-9,11-14H,10H2,1-3H3. The Morgan fingerprint density at radius 1 is 1.12 bits per heavy atom. The van der Waals surface area contributed by atoms with Crippen molar-refractivity contribution in [1.29, 1.82) is 0 Å². The molecule has 174 valence electrons. The number of halogens is 3. The number of hydrogen-bond donors (Lipinski definition) is 0. The van der Waals surface area contributed by atoms with Crippen LogP contribution >= 0.6 is 0 Å². The molecule has 0 saturated heterocycles. The van der Waals surface area contributed by atoms with Gasteiger partial charge in [0.1, 0.15) is 5.76 Å². The fraction of sp³-hybridized carbons (Fsp3) is 0.250. The number of fused-ring (bicyclic) bond motifs is 1. The molecule has 0 amide bonds. The lowest BCUT2D eigenvalue weighted by molar-refractivity contribution is -0.137. The van der Waals surface area contributed by atoms with E-state index >= 15 is 0 Å². The van der Waals surface area contributed by atoms with Crippen LogP contribution in [0.4, 0.5) is 13.2 Å². The first-order chi connectivity index (χ1) is 16.2. The third kappa shape index (κ3) is 3.85. The van der Waals surface area contributed by atoms with Gasteiger partial charge in [-0.1, -0.05) is 25.1 Å². The van der Waals surface area contributed by atoms with E-state index in [0.717, 1.165) is 23.0 Å². The number of ether oxygens (including phenoxy) is 1. The molecule has 3 heterocycles. The molecule has 0 radical (unpaired) electrons. The van der Waals surface area contributed by atoms with Gasteiger partial charge in [0.15, 0.2) is 5.82 Å². The van der Waals surface area contributed by atoms with Gasteiger partial charge in [0.05, 0.1) is 36.1 Å². The van der Waals surface area contributed by atoms with Crippen molar-refractivity contribution in [3.63, 3.8) is 0 Å². The Hall–Kier alpha value is -3.95. The van der Waals surface area contributed by atoms with Gasteiger partial charge in [-0.3, -0.25) is 0 Å². The van der Waals surface area contributed by atoms with Gasteiger partial charge in [0.25, 0.3) is 5.78 Å². The first-order valence-electron chi connectivity index (χ1n) is 10.6. The van der Waals surface area contributed by atoms with Crippen LogP contribution < -0.4 is 0 Å². The summed E-state index contributed by atoms with van der Waals surface area (Å²) < 4.78 is 49.5. The molecular formula is C24H21F3N6O. The van der Waals surface area contributed by atoms with E-state index in [2.05, 4.69) is 27.0 Å². The molecule has 3 aromatic heterocycles. The molecule has 1 aliphatic carbocycles. The second kappa shape index (κ2) is 8.12. The highest BCUT2D eigenvalue weighted by atomic mass is 19.4. The van der Waals surface area contributed by atoms with Crippen LogP contribution in [0.1, 0.15) is 30.4 Å². The molecule has 34 heavy (non-hydrogen) atoms. The molecule has 1 aliphatic rings. The fourth-order valence-electron chi connectivity index (χ4n) is 4.13. The summed E-state index contributed by atoms with van der Waals surface area (Å²) in [6, 6.07) is 6.87. The van der Waals surface area contributed by atoms with Gasteiger partial charge in [-0.2, -0.15) is 18.2 Å². The monoisotopic (exact) mass is 466 g/mol. The Morgan fingerprint density at radius 3 is 2.62 bits per heavy atom. The van der Waals surface area contributed by atoms with Gasteiger partial charge in [-0.15, -0.1) is 5.10 Å². The molecule has 7 nitrogen and oxygen atoms in total. The number of methoxy groups -OCH3 is 1. The Bertz CT molecular complexity index is 1450. The molecule has 1 aromatic carbocycles. The molecule has 0 spiro atoms. The molecule has 10 heteroatoms. The van der Waals surface area contributed by atoms with Crippen LogP contribution in [-0.2, 0) is 10.9 Å². The largest absolute Gasteiger partial charge is 0.495 e. The highest BCUT2D eigenvalue weighted by Crippen LogP contribution is 2.38. The van der Waals surface area contributed by atoms with Gasteiger partial charge in [-0.25, -0.2) is 14.5 Å². The number of imidazole rings is 1. The van der Waals surface area contributed by atoms with Crippen molar-refractivity contribution in [3.05, 3.63) is 78.0 Å². The van der Waals surface area contributed by atoms with Crippen LogP contribution in [-0.4, -0.2) is 36.2 Å². The normalized spacial score (nSPS) is 16.8. The highest BCUT2D eigenvalue weighted by molar-refractivity contribution is 5.74. The number of aryl methyl sites for hydroxylation is 1. The van der Waals surface area contributed by atoms with Crippen molar-refractivity contribution < 1.29 is 17.9 Å². The molecule has 0 bridgehead atoms. The van der Waals surface area contributed by atoms with E-state index in [1.165, 1.54) is 22.7 Å². The van der Waals surface area contributed by atoms with E-state index in [0.29, 0.717) is 18.0 Å². The second-order valence-corrected chi connectivity index (χ2v) is 8.18. The molecule has 0 saturated carbocycles. The van der Waals surface area contributed by atoms with Gasteiger partial charge >= 0.3 is 6.18 Å². The Kier molecular flexibility index (Phi) is 5.22. The zero-order valence-electron chi connectivity index (χ0n) is 18.7. The van der Waals surface area contributed by atoms with Crippen LogP contribution in [0.2, 0.25) is 0 Å². The van der Waals surface area contributed by atoms with E-state index in [4.69, 9.17) is 4.74 Å². The number of rotatable bonds is 4. The number of nitrogens with zero attached hydrogens (tertiary/aromatic N) is 6. The van der Waals surface area contributed by atoms with Crippen LogP contribution in [0.3, 0.4) is 0 Å². The van der Waals surface area contributed by atoms with E-state index in [9.17, 15) is 13.2 Å². The lowest BCUT2D eigenvalue weighted by atomic mass is 9.90. The van der Waals surface area contributed by atoms with E-state index in [1.807, 2.05) is 23.8 Å². The third-order valence-corrected chi connectivity index (χ3v) is 5.82. The van der Waals surface area contributed by atoms with E-state index in [1.54, 1.807) is 25.7 Å². The lowest BCUT2D eigenvalue weighted by Crippen LogP contribution is -2.13. The molecule has 0 fully saturated rings. The van der Waals surface area contributed by atoms with Crippen molar-refractivity contribution in [2.45, 2.75) is 26.4 Å². The summed E-state index contributed by atoms with van der Waals surface area (Å²) in [6.45, 7) is 3.98. The zero-order valence-corrected chi connectivity index (χ0v) is 18.7. The minimum atomic E-state index is -4.49. The number of hydrogen-bond acceptors (Lipinski definition) is 5. The van der Waals surface area contributed by atoms with Crippen molar-refractivity contribution in [2.75, 3.05) is 7.11 Å². The molecule has 5 rings (SSSR count). The van der Waals surface area contributed by atoms with Crippen molar-refractivity contribution in [3.8, 4) is 11.3 Å². The van der Waals surface area contributed by atoms with Gasteiger partial charge in [0.2, 0.25) is 0 Å². The summed E-state index contributed by atoms with van der Waals surface area (Å²) in [5.41, 5.74) is 2.18. The maximum Gasteiger partial charge on any atom is 0.417 e. The summed E-state index contributed by atoms with van der Waals surface area (Å²) >= 11 is 0. The quantitative estimate of drug-likeness (QED) is 0.411. The van der Waals surface area contributed by atoms with Crippen LogP contribution in [0.5, 0.6) is 0 Å². The molecule has 1 atom stereocenters. The van der Waals surface area contributed by atoms with E-state index in [-0.39, 0.29) is 23.0 Å². The minimum absolute atomic E-state index is 0.00262. The summed E-state index contributed by atoms with van der Waals surface area (Å²) in [5, 5.41) is 4.52. The average molecular weight is 466 g/mol. The van der Waals surface area contributed by atoms with E-state index < -0.39 is 11.7 Å². The SMILES string of the molecule is COC1=C(n2cnc(C)c2)CC(C)C(c2nc3nc(-c4ccccc4C(F)(F)F)ccn3n2)=C1. The maximum absolute atomic E-state index is 13.5. The summed E-state index contributed by atoms with van der Waals surface area (Å²) in [4.78, 5) is 13.2. The number of benzene rings is 1. The smallest absolute Gasteiger partial charge is 0.417 e. The van der Waals surface area contributed by atoms with Crippen LogP contribution in [0, 0.1) is 12.8 Å². The van der Waals surface area contributed by atoms with Crippen molar-refractivity contribution in [2.24, 2.45) is 5.92 Å². The molecular weight excluding hydrogens is 445 g/mol. The molecule has 0 aliphatic heterocycles. The fourth-order valence-corrected chi connectivity index (χ4v) is 4.13. The first kappa shape index (κ1) is 21.9. The lowest BCUT2D eigenvalue weighted by Gasteiger charge is -2.23. The Morgan fingerprint density at radius 2 is 1.91 bits per heavy atom. The van der Waals surface area contributed by atoms with Crippen LogP contribution in [0.15, 0.2) is 60.9 Å². The molecule has 4 aromatic rings. The first-order valence-corrected chi connectivity index (χ1v) is 10.6. The highest BCUT2D eigenvalue weighted by Gasteiger charge is 2.34. The zero-order chi connectivity index (χ0) is 24.0. The van der Waals surface area contributed by atoms with Crippen molar-refractivity contribution in [1.82, 2.24) is 29.1 Å².